The lowest BCUT2D eigenvalue weighted by molar-refractivity contribution is -0.111. The van der Waals surface area contributed by atoms with E-state index >= 15 is 0 Å². The van der Waals surface area contributed by atoms with Gasteiger partial charge in [0, 0.05) is 23.3 Å². The Morgan fingerprint density at radius 3 is 2.46 bits per heavy atom. The first-order valence-corrected chi connectivity index (χ1v) is 9.89. The standard InChI is InChI=1S/C19H18N4OS2/c24-17(12-11-15-7-3-1-4-8-15)21-19-23-22-18(26-19)20-13-14-25-16-9-5-2-6-10-16/h1-12H,13-14H2,(H,20,22)(H,21,23,24). The zero-order chi connectivity index (χ0) is 18.0. The summed E-state index contributed by atoms with van der Waals surface area (Å²) in [4.78, 5) is 13.2. The van der Waals surface area contributed by atoms with Gasteiger partial charge in [-0.1, -0.05) is 59.9 Å². The lowest BCUT2D eigenvalue weighted by atomic mass is 10.2. The van der Waals surface area contributed by atoms with Gasteiger partial charge in [0.15, 0.2) is 0 Å². The second-order valence-electron chi connectivity index (χ2n) is 5.23. The van der Waals surface area contributed by atoms with Crippen molar-refractivity contribution in [2.24, 2.45) is 0 Å². The molecule has 0 bridgehead atoms. The molecule has 3 rings (SSSR count). The van der Waals surface area contributed by atoms with Gasteiger partial charge in [-0.25, -0.2) is 0 Å². The van der Waals surface area contributed by atoms with E-state index in [9.17, 15) is 4.79 Å². The zero-order valence-corrected chi connectivity index (χ0v) is 15.6. The van der Waals surface area contributed by atoms with Gasteiger partial charge in [-0.05, 0) is 23.8 Å². The Labute approximate surface area is 160 Å². The van der Waals surface area contributed by atoms with E-state index in [0.29, 0.717) is 10.3 Å². The highest BCUT2D eigenvalue weighted by Crippen LogP contribution is 2.21. The van der Waals surface area contributed by atoms with Gasteiger partial charge in [0.2, 0.25) is 16.2 Å². The smallest absolute Gasteiger partial charge is 0.250 e. The zero-order valence-electron chi connectivity index (χ0n) is 14.0. The molecule has 0 spiro atoms. The van der Waals surface area contributed by atoms with E-state index < -0.39 is 0 Å². The summed E-state index contributed by atoms with van der Waals surface area (Å²) in [7, 11) is 0. The fraction of sp³-hybridized carbons (Fsp3) is 0.105. The van der Waals surface area contributed by atoms with Crippen molar-refractivity contribution in [1.29, 1.82) is 0 Å². The molecule has 3 aromatic rings. The van der Waals surface area contributed by atoms with Crippen molar-refractivity contribution in [3.05, 3.63) is 72.3 Å². The Morgan fingerprint density at radius 2 is 1.69 bits per heavy atom. The molecule has 0 unspecified atom stereocenters. The number of carbonyl (C=O) groups excluding carboxylic acids is 1. The minimum Gasteiger partial charge on any atom is -0.359 e. The molecule has 7 heteroatoms. The van der Waals surface area contributed by atoms with E-state index in [0.717, 1.165) is 17.9 Å². The van der Waals surface area contributed by atoms with Crippen molar-refractivity contribution >= 4 is 45.3 Å². The molecular formula is C19H18N4OS2. The third-order valence-electron chi connectivity index (χ3n) is 3.27. The van der Waals surface area contributed by atoms with E-state index in [2.05, 4.69) is 33.0 Å². The van der Waals surface area contributed by atoms with Gasteiger partial charge < -0.3 is 5.32 Å². The van der Waals surface area contributed by atoms with Crippen LogP contribution in [0.5, 0.6) is 0 Å². The van der Waals surface area contributed by atoms with Gasteiger partial charge in [-0.2, -0.15) is 0 Å². The van der Waals surface area contributed by atoms with Crippen LogP contribution in [-0.4, -0.2) is 28.4 Å². The van der Waals surface area contributed by atoms with E-state index in [-0.39, 0.29) is 5.91 Å². The molecule has 0 saturated heterocycles. The van der Waals surface area contributed by atoms with Gasteiger partial charge >= 0.3 is 0 Å². The van der Waals surface area contributed by atoms with Crippen LogP contribution >= 0.6 is 23.1 Å². The maximum absolute atomic E-state index is 11.9. The number of aromatic nitrogens is 2. The molecule has 2 N–H and O–H groups in total. The number of rotatable bonds is 8. The highest BCUT2D eigenvalue weighted by molar-refractivity contribution is 7.99. The lowest BCUT2D eigenvalue weighted by Crippen LogP contribution is -2.07. The van der Waals surface area contributed by atoms with Crippen LogP contribution < -0.4 is 10.6 Å². The number of anilines is 2. The van der Waals surface area contributed by atoms with Crippen LogP contribution in [0.1, 0.15) is 5.56 Å². The predicted molar refractivity (Wildman–Crippen MR) is 110 cm³/mol. The molecule has 0 fully saturated rings. The molecule has 0 atom stereocenters. The van der Waals surface area contributed by atoms with E-state index in [4.69, 9.17) is 0 Å². The number of nitrogens with one attached hydrogen (secondary N) is 2. The molecule has 0 aliphatic heterocycles. The molecule has 26 heavy (non-hydrogen) atoms. The van der Waals surface area contributed by atoms with Crippen LogP contribution in [-0.2, 0) is 4.79 Å². The van der Waals surface area contributed by atoms with Gasteiger partial charge in [0.1, 0.15) is 0 Å². The highest BCUT2D eigenvalue weighted by atomic mass is 32.2. The molecule has 0 radical (unpaired) electrons. The topological polar surface area (TPSA) is 66.9 Å². The number of amides is 1. The normalized spacial score (nSPS) is 10.8. The fourth-order valence-corrected chi connectivity index (χ4v) is 3.53. The quantitative estimate of drug-likeness (QED) is 0.343. The first-order chi connectivity index (χ1) is 12.8. The molecular weight excluding hydrogens is 364 g/mol. The highest BCUT2D eigenvalue weighted by Gasteiger charge is 2.05. The first-order valence-electron chi connectivity index (χ1n) is 8.09. The maximum Gasteiger partial charge on any atom is 0.250 e. The van der Waals surface area contributed by atoms with Gasteiger partial charge in [-0.15, -0.1) is 22.0 Å². The second-order valence-corrected chi connectivity index (χ2v) is 7.38. The summed E-state index contributed by atoms with van der Waals surface area (Å²) in [5.41, 5.74) is 0.971. The Kier molecular flexibility index (Phi) is 6.80. The van der Waals surface area contributed by atoms with Crippen LogP contribution in [0.4, 0.5) is 10.3 Å². The van der Waals surface area contributed by atoms with Crippen molar-refractivity contribution < 1.29 is 4.79 Å². The largest absolute Gasteiger partial charge is 0.359 e. The molecule has 1 aromatic heterocycles. The van der Waals surface area contributed by atoms with Crippen LogP contribution in [0.3, 0.4) is 0 Å². The second kappa shape index (κ2) is 9.74. The van der Waals surface area contributed by atoms with E-state index in [1.165, 1.54) is 22.3 Å². The lowest BCUT2D eigenvalue weighted by Gasteiger charge is -2.02. The van der Waals surface area contributed by atoms with Crippen molar-refractivity contribution in [2.45, 2.75) is 4.90 Å². The third-order valence-corrected chi connectivity index (χ3v) is 5.08. The average molecular weight is 383 g/mol. The summed E-state index contributed by atoms with van der Waals surface area (Å²) in [6.45, 7) is 0.774. The molecule has 1 amide bonds. The molecule has 132 valence electrons. The summed E-state index contributed by atoms with van der Waals surface area (Å²) in [6, 6.07) is 19.9. The van der Waals surface area contributed by atoms with Crippen LogP contribution in [0, 0.1) is 0 Å². The summed E-state index contributed by atoms with van der Waals surface area (Å²) in [6.07, 6.45) is 3.25. The Balaban J connectivity index is 1.41. The third kappa shape index (κ3) is 6.02. The van der Waals surface area contributed by atoms with Crippen molar-refractivity contribution in [3.8, 4) is 0 Å². The molecule has 1 heterocycles. The average Bonchev–Trinajstić information content (AvgIpc) is 3.12. The fourth-order valence-electron chi connectivity index (χ4n) is 2.07. The predicted octanol–water partition coefficient (Wildman–Crippen LogP) is 4.39. The number of benzene rings is 2. The monoisotopic (exact) mass is 382 g/mol. The molecule has 0 aliphatic carbocycles. The minimum atomic E-state index is -0.226. The first kappa shape index (κ1) is 18.2. The Morgan fingerprint density at radius 1 is 1.00 bits per heavy atom. The van der Waals surface area contributed by atoms with Gasteiger partial charge in [0.05, 0.1) is 0 Å². The van der Waals surface area contributed by atoms with Crippen LogP contribution in [0.25, 0.3) is 6.08 Å². The molecule has 5 nitrogen and oxygen atoms in total. The Bertz CT molecular complexity index is 850. The van der Waals surface area contributed by atoms with Crippen molar-refractivity contribution in [1.82, 2.24) is 10.2 Å². The number of hydrogen-bond acceptors (Lipinski definition) is 6. The number of nitrogens with zero attached hydrogens (tertiary/aromatic N) is 2. The number of hydrogen-bond donors (Lipinski definition) is 2. The number of thioether (sulfide) groups is 1. The Hall–Kier alpha value is -2.64. The maximum atomic E-state index is 11.9. The minimum absolute atomic E-state index is 0.226. The summed E-state index contributed by atoms with van der Waals surface area (Å²) < 4.78 is 0. The summed E-state index contributed by atoms with van der Waals surface area (Å²) in [5, 5.41) is 15.1. The SMILES string of the molecule is O=C(C=Cc1ccccc1)Nc1nnc(NCCSc2ccccc2)s1. The molecule has 0 saturated carbocycles. The van der Waals surface area contributed by atoms with Crippen molar-refractivity contribution in [2.75, 3.05) is 22.9 Å². The summed E-state index contributed by atoms with van der Waals surface area (Å²) >= 11 is 3.10. The molecule has 2 aromatic carbocycles. The number of carbonyl (C=O) groups is 1. The van der Waals surface area contributed by atoms with Crippen LogP contribution in [0.15, 0.2) is 71.6 Å². The van der Waals surface area contributed by atoms with Crippen LogP contribution in [0.2, 0.25) is 0 Å². The van der Waals surface area contributed by atoms with E-state index in [1.807, 2.05) is 48.5 Å². The van der Waals surface area contributed by atoms with Crippen molar-refractivity contribution in [3.63, 3.8) is 0 Å². The van der Waals surface area contributed by atoms with Gasteiger partial charge in [0.25, 0.3) is 0 Å². The van der Waals surface area contributed by atoms with E-state index in [1.54, 1.807) is 17.8 Å². The summed E-state index contributed by atoms with van der Waals surface area (Å²) in [5.74, 6) is 0.696. The molecule has 0 aliphatic rings. The van der Waals surface area contributed by atoms with Gasteiger partial charge in [-0.3, -0.25) is 10.1 Å².